The zero-order valence-electron chi connectivity index (χ0n) is 30.3. The summed E-state index contributed by atoms with van der Waals surface area (Å²) in [5.41, 5.74) is -4.83. The van der Waals surface area contributed by atoms with Gasteiger partial charge in [-0.15, -0.1) is 0 Å². The fourth-order valence-electron chi connectivity index (χ4n) is 7.21. The van der Waals surface area contributed by atoms with Crippen molar-refractivity contribution in [1.82, 2.24) is 9.97 Å². The average Bonchev–Trinajstić information content (AvgIpc) is 3.13. The van der Waals surface area contributed by atoms with Gasteiger partial charge in [-0.05, 0) is 85.5 Å². The van der Waals surface area contributed by atoms with Gasteiger partial charge in [0.05, 0.1) is 54.0 Å². The van der Waals surface area contributed by atoms with E-state index in [1.54, 1.807) is 0 Å². The molecule has 1 N–H and O–H groups in total. The minimum absolute atomic E-state index is 0.0273. The molecule has 0 unspecified atom stereocenters. The lowest BCUT2D eigenvalue weighted by atomic mass is 9.86. The van der Waals surface area contributed by atoms with Crippen molar-refractivity contribution in [2.45, 2.75) is 108 Å². The molecule has 2 aliphatic rings. The van der Waals surface area contributed by atoms with Gasteiger partial charge in [0, 0.05) is 19.0 Å². The Hall–Kier alpha value is -4.77. The third-order valence-electron chi connectivity index (χ3n) is 9.87. The smallest absolute Gasteiger partial charge is 0.416 e. The van der Waals surface area contributed by atoms with Gasteiger partial charge in [-0.1, -0.05) is 32.6 Å². The Kier molecular flexibility index (Phi) is 13.3. The van der Waals surface area contributed by atoms with E-state index in [9.17, 15) is 49.1 Å². The van der Waals surface area contributed by atoms with Crippen LogP contribution in [0, 0.1) is 5.92 Å². The molecule has 0 saturated heterocycles. The predicted molar refractivity (Wildman–Crippen MR) is 185 cm³/mol. The molecule has 1 amide bonds. The fraction of sp³-hybridized carbons (Fsp3) is 0.526. The first-order valence-corrected chi connectivity index (χ1v) is 18.2. The summed E-state index contributed by atoms with van der Waals surface area (Å²) in [4.78, 5) is 35.7. The highest BCUT2D eigenvalue weighted by Crippen LogP contribution is 2.46. The number of aromatic nitrogens is 2. The summed E-state index contributed by atoms with van der Waals surface area (Å²) in [6.07, 6.45) is -8.38. The molecule has 9 nitrogen and oxygen atoms in total. The van der Waals surface area contributed by atoms with Gasteiger partial charge >= 0.3 is 30.6 Å². The van der Waals surface area contributed by atoms with Crippen LogP contribution in [0.4, 0.5) is 55.9 Å². The Morgan fingerprint density at radius 2 is 1.50 bits per heavy atom. The van der Waals surface area contributed by atoms with E-state index in [2.05, 4.69) is 9.97 Å². The summed E-state index contributed by atoms with van der Waals surface area (Å²) >= 11 is 0. The first-order chi connectivity index (χ1) is 26.3. The van der Waals surface area contributed by atoms with Crippen molar-refractivity contribution >= 4 is 23.7 Å². The molecule has 0 bridgehead atoms. The average molecular weight is 805 g/mol. The molecular formula is C38H41F9N4O5. The molecule has 1 aliphatic carbocycles. The maximum Gasteiger partial charge on any atom is 0.416 e. The highest BCUT2D eigenvalue weighted by molar-refractivity contribution is 5.90. The van der Waals surface area contributed by atoms with Crippen LogP contribution in [0.5, 0.6) is 5.75 Å². The number of carbonyl (C=O) groups excluding carboxylic acids is 1. The number of nitrogens with zero attached hydrogens (tertiary/aromatic N) is 4. The van der Waals surface area contributed by atoms with Crippen LogP contribution in [0.15, 0.2) is 48.8 Å². The van der Waals surface area contributed by atoms with Gasteiger partial charge in [0.25, 0.3) is 0 Å². The lowest BCUT2D eigenvalue weighted by molar-refractivity contribution is -0.143. The van der Waals surface area contributed by atoms with Crippen LogP contribution in [0.2, 0.25) is 0 Å². The van der Waals surface area contributed by atoms with Gasteiger partial charge in [-0.25, -0.2) is 14.8 Å². The largest absolute Gasteiger partial charge is 0.490 e. The van der Waals surface area contributed by atoms with E-state index in [1.807, 2.05) is 6.92 Å². The maximum absolute atomic E-state index is 14.3. The van der Waals surface area contributed by atoms with Gasteiger partial charge in [0.1, 0.15) is 0 Å². The molecule has 2 aromatic carbocycles. The lowest BCUT2D eigenvalue weighted by Crippen LogP contribution is -2.48. The zero-order valence-corrected chi connectivity index (χ0v) is 30.3. The maximum atomic E-state index is 14.3. The molecule has 1 aromatic heterocycles. The van der Waals surface area contributed by atoms with Crippen LogP contribution in [0.3, 0.4) is 0 Å². The Balaban J connectivity index is 1.62. The summed E-state index contributed by atoms with van der Waals surface area (Å²) in [6, 6.07) is 1.81. The number of carboxylic acid groups (broad SMARTS) is 1. The topological polar surface area (TPSA) is 105 Å². The standard InChI is InChI=1S/C38H41F9N4O5/c1-2-7-28-18-32(30-17-25(36(39,40)41)11-12-31(30)51(28)35(54)56-22-23-8-4-3-5-9-23)50(34-48-19-29(20-49-34)55-13-6-10-33(52)53)21-24-14-26(37(42,43)44)16-27(15-24)38(45,46)47/h11-12,14-17,19-20,23,28,32H,2-10,13,18,21-22H2,1H3,(H,52,53)/t28-,32+/m1/s1. The van der Waals surface area contributed by atoms with Crippen LogP contribution in [-0.4, -0.2) is 46.4 Å². The molecule has 56 heavy (non-hydrogen) atoms. The molecule has 1 saturated carbocycles. The van der Waals surface area contributed by atoms with Crippen LogP contribution in [0.1, 0.15) is 105 Å². The van der Waals surface area contributed by atoms with Gasteiger partial charge in [-0.3, -0.25) is 9.69 Å². The normalized spacial score (nSPS) is 18.0. The number of hydrogen-bond donors (Lipinski definition) is 1. The SMILES string of the molecule is CCC[C@@H]1C[C@H](N(Cc2cc(C(F)(F)F)cc(C(F)(F)F)c2)c2ncc(OCCCC(=O)O)cn2)c2cc(C(F)(F)F)ccc2N1C(=O)OCC1CCCCC1. The van der Waals surface area contributed by atoms with Crippen LogP contribution in [-0.2, 0) is 34.6 Å². The lowest BCUT2D eigenvalue weighted by Gasteiger charge is -2.44. The zero-order chi connectivity index (χ0) is 40.8. The van der Waals surface area contributed by atoms with Gasteiger partial charge < -0.3 is 19.5 Å². The predicted octanol–water partition coefficient (Wildman–Crippen LogP) is 10.6. The highest BCUT2D eigenvalue weighted by Gasteiger charge is 2.43. The van der Waals surface area contributed by atoms with Crippen LogP contribution < -0.4 is 14.5 Å². The van der Waals surface area contributed by atoms with Crippen molar-refractivity contribution in [3.63, 3.8) is 0 Å². The Morgan fingerprint density at radius 3 is 2.07 bits per heavy atom. The van der Waals surface area contributed by atoms with Crippen molar-refractivity contribution < 1.29 is 63.7 Å². The number of amides is 1. The molecule has 3 aromatic rings. The monoisotopic (exact) mass is 804 g/mol. The van der Waals surface area contributed by atoms with E-state index in [1.165, 1.54) is 9.80 Å². The quantitative estimate of drug-likeness (QED) is 0.135. The van der Waals surface area contributed by atoms with Crippen molar-refractivity contribution in [1.29, 1.82) is 0 Å². The summed E-state index contributed by atoms with van der Waals surface area (Å²) < 4.78 is 138. The van der Waals surface area contributed by atoms with Crippen LogP contribution >= 0.6 is 0 Å². The Labute approximate surface area is 316 Å². The summed E-state index contributed by atoms with van der Waals surface area (Å²) in [7, 11) is 0. The van der Waals surface area contributed by atoms with Crippen molar-refractivity contribution in [3.8, 4) is 5.75 Å². The minimum Gasteiger partial charge on any atom is -0.490 e. The molecule has 0 radical (unpaired) electrons. The number of carboxylic acids is 1. The number of hydrogen-bond acceptors (Lipinski definition) is 7. The van der Waals surface area contributed by atoms with Crippen molar-refractivity contribution in [2.24, 2.45) is 5.92 Å². The number of carbonyl (C=O) groups is 2. The number of halogens is 9. The molecule has 0 spiro atoms. The number of fused-ring (bicyclic) bond motifs is 1. The third kappa shape index (κ3) is 10.7. The van der Waals surface area contributed by atoms with Crippen LogP contribution in [0.25, 0.3) is 0 Å². The number of aliphatic carboxylic acids is 1. The molecule has 1 fully saturated rings. The second-order valence-corrected chi connectivity index (χ2v) is 14.0. The van der Waals surface area contributed by atoms with E-state index in [4.69, 9.17) is 14.6 Å². The second kappa shape index (κ2) is 17.6. The molecule has 2 heterocycles. The van der Waals surface area contributed by atoms with Gasteiger partial charge in [-0.2, -0.15) is 39.5 Å². The van der Waals surface area contributed by atoms with E-state index in [-0.39, 0.29) is 67.4 Å². The molecule has 5 rings (SSSR count). The second-order valence-electron chi connectivity index (χ2n) is 14.0. The van der Waals surface area contributed by atoms with Gasteiger partial charge in [0.2, 0.25) is 5.95 Å². The molecule has 1 aliphatic heterocycles. The summed E-state index contributed by atoms with van der Waals surface area (Å²) in [5, 5.41) is 8.89. The van der Waals surface area contributed by atoms with E-state index >= 15 is 0 Å². The van der Waals surface area contributed by atoms with E-state index in [0.29, 0.717) is 25.0 Å². The molecular weight excluding hydrogens is 763 g/mol. The van der Waals surface area contributed by atoms with Crippen molar-refractivity contribution in [2.75, 3.05) is 23.0 Å². The number of rotatable bonds is 13. The molecule has 306 valence electrons. The van der Waals surface area contributed by atoms with E-state index < -0.39 is 71.5 Å². The fourth-order valence-corrected chi connectivity index (χ4v) is 7.21. The first-order valence-electron chi connectivity index (χ1n) is 18.2. The molecule has 2 atom stereocenters. The molecule has 18 heteroatoms. The first kappa shape index (κ1) is 42.4. The summed E-state index contributed by atoms with van der Waals surface area (Å²) in [5.74, 6) is -1.16. The Bertz CT molecular complexity index is 1780. The summed E-state index contributed by atoms with van der Waals surface area (Å²) in [6.45, 7) is 1.15. The minimum atomic E-state index is -5.18. The number of anilines is 2. The van der Waals surface area contributed by atoms with Gasteiger partial charge in [0.15, 0.2) is 5.75 Å². The third-order valence-corrected chi connectivity index (χ3v) is 9.87. The number of ether oxygens (including phenoxy) is 2. The highest BCUT2D eigenvalue weighted by atomic mass is 19.4. The number of alkyl halides is 9. The number of benzene rings is 2. The van der Waals surface area contributed by atoms with Crippen molar-refractivity contribution in [3.05, 3.63) is 76.6 Å². The Morgan fingerprint density at radius 1 is 0.875 bits per heavy atom. The van der Waals surface area contributed by atoms with E-state index in [0.717, 1.165) is 62.7 Å².